The molecule has 0 aromatic heterocycles. The van der Waals surface area contributed by atoms with Crippen LogP contribution in [0.15, 0.2) is 0 Å². The van der Waals surface area contributed by atoms with E-state index in [1.165, 1.54) is 38.5 Å². The van der Waals surface area contributed by atoms with Gasteiger partial charge in [0, 0.05) is 24.9 Å². The summed E-state index contributed by atoms with van der Waals surface area (Å²) in [7, 11) is 0. The summed E-state index contributed by atoms with van der Waals surface area (Å²) in [6.07, 6.45) is 7.83. The minimum Gasteiger partial charge on any atom is -0.375 e. The summed E-state index contributed by atoms with van der Waals surface area (Å²) in [5.74, 6) is 1.28. The quantitative estimate of drug-likeness (QED) is 0.664. The van der Waals surface area contributed by atoms with Crippen LogP contribution in [-0.2, 0) is 0 Å². The lowest BCUT2D eigenvalue weighted by Gasteiger charge is -2.23. The number of likely N-dealkylation sites (tertiary alicyclic amines) is 1. The standard InChI is InChI=1S/C11H19NO/c13-11(12-7-3-4-8-12)9-5-1-2-6-10(9)11/h9-10,13H,1-8H2. The summed E-state index contributed by atoms with van der Waals surface area (Å²) >= 11 is 0. The molecule has 0 radical (unpaired) electrons. The lowest BCUT2D eigenvalue weighted by Crippen LogP contribution is -2.37. The number of hydrogen-bond acceptors (Lipinski definition) is 2. The fraction of sp³-hybridized carbons (Fsp3) is 1.00. The van der Waals surface area contributed by atoms with Gasteiger partial charge in [0.25, 0.3) is 0 Å². The van der Waals surface area contributed by atoms with Crippen molar-refractivity contribution in [2.45, 2.75) is 44.2 Å². The zero-order chi connectivity index (χ0) is 8.89. The van der Waals surface area contributed by atoms with Crippen molar-refractivity contribution in [1.29, 1.82) is 0 Å². The second-order valence-corrected chi connectivity index (χ2v) is 4.97. The van der Waals surface area contributed by atoms with Gasteiger partial charge in [-0.15, -0.1) is 0 Å². The van der Waals surface area contributed by atoms with Crippen molar-refractivity contribution in [2.75, 3.05) is 13.1 Å². The van der Waals surface area contributed by atoms with E-state index >= 15 is 0 Å². The molecule has 13 heavy (non-hydrogen) atoms. The highest BCUT2D eigenvalue weighted by atomic mass is 16.3. The molecule has 2 saturated carbocycles. The molecule has 1 heterocycles. The van der Waals surface area contributed by atoms with Gasteiger partial charge in [0.05, 0.1) is 0 Å². The van der Waals surface area contributed by atoms with Gasteiger partial charge in [0.1, 0.15) is 5.72 Å². The largest absolute Gasteiger partial charge is 0.375 e. The third kappa shape index (κ3) is 1.02. The van der Waals surface area contributed by atoms with Crippen molar-refractivity contribution in [2.24, 2.45) is 11.8 Å². The Labute approximate surface area is 79.9 Å². The molecule has 2 heteroatoms. The molecule has 3 rings (SSSR count). The maximum Gasteiger partial charge on any atom is 0.125 e. The van der Waals surface area contributed by atoms with Gasteiger partial charge in [0.2, 0.25) is 0 Å². The van der Waals surface area contributed by atoms with Gasteiger partial charge >= 0.3 is 0 Å². The minimum atomic E-state index is -0.340. The Bertz CT molecular complexity index is 198. The molecule has 0 bridgehead atoms. The molecule has 0 amide bonds. The van der Waals surface area contributed by atoms with Crippen molar-refractivity contribution >= 4 is 0 Å². The first-order valence-corrected chi connectivity index (χ1v) is 5.81. The van der Waals surface area contributed by atoms with Crippen LogP contribution in [0.1, 0.15) is 38.5 Å². The molecule has 1 N–H and O–H groups in total. The van der Waals surface area contributed by atoms with Gasteiger partial charge in [-0.3, -0.25) is 4.90 Å². The van der Waals surface area contributed by atoms with Crippen LogP contribution in [0.5, 0.6) is 0 Å². The molecule has 2 nitrogen and oxygen atoms in total. The van der Waals surface area contributed by atoms with Crippen LogP contribution in [0.3, 0.4) is 0 Å². The van der Waals surface area contributed by atoms with E-state index in [4.69, 9.17) is 0 Å². The monoisotopic (exact) mass is 181 g/mol. The Morgan fingerprint density at radius 1 is 0.923 bits per heavy atom. The molecule has 1 saturated heterocycles. The molecule has 1 aliphatic heterocycles. The van der Waals surface area contributed by atoms with E-state index in [1.807, 2.05) is 0 Å². The van der Waals surface area contributed by atoms with Crippen LogP contribution in [-0.4, -0.2) is 28.8 Å². The van der Waals surface area contributed by atoms with E-state index < -0.39 is 0 Å². The maximum atomic E-state index is 10.5. The average Bonchev–Trinajstić information content (AvgIpc) is 2.62. The molecule has 2 atom stereocenters. The summed E-state index contributed by atoms with van der Waals surface area (Å²) in [6, 6.07) is 0. The first-order valence-electron chi connectivity index (χ1n) is 5.81. The summed E-state index contributed by atoms with van der Waals surface area (Å²) in [5.41, 5.74) is -0.340. The van der Waals surface area contributed by atoms with Gasteiger partial charge in [0.15, 0.2) is 0 Å². The lowest BCUT2D eigenvalue weighted by molar-refractivity contribution is -0.0310. The Hall–Kier alpha value is -0.0800. The van der Waals surface area contributed by atoms with E-state index in [2.05, 4.69) is 4.90 Å². The number of rotatable bonds is 1. The number of aliphatic hydroxyl groups is 1. The molecule has 0 spiro atoms. The van der Waals surface area contributed by atoms with Crippen molar-refractivity contribution in [3.05, 3.63) is 0 Å². The second-order valence-electron chi connectivity index (χ2n) is 4.97. The fourth-order valence-electron chi connectivity index (χ4n) is 3.60. The predicted octanol–water partition coefficient (Wildman–Crippen LogP) is 1.59. The van der Waals surface area contributed by atoms with Crippen molar-refractivity contribution in [1.82, 2.24) is 4.90 Å². The number of fused-ring (bicyclic) bond motifs is 1. The van der Waals surface area contributed by atoms with Crippen LogP contribution in [0.2, 0.25) is 0 Å². The summed E-state index contributed by atoms with van der Waals surface area (Å²) < 4.78 is 0. The second kappa shape index (κ2) is 2.71. The van der Waals surface area contributed by atoms with Crippen molar-refractivity contribution in [3.63, 3.8) is 0 Å². The molecule has 2 aliphatic carbocycles. The normalized spacial score (nSPS) is 50.5. The first kappa shape index (κ1) is 8.25. The van der Waals surface area contributed by atoms with Crippen molar-refractivity contribution in [3.8, 4) is 0 Å². The molecule has 3 fully saturated rings. The summed E-state index contributed by atoms with van der Waals surface area (Å²) in [4.78, 5) is 2.35. The molecule has 0 aromatic rings. The Morgan fingerprint density at radius 2 is 1.46 bits per heavy atom. The highest BCUT2D eigenvalue weighted by molar-refractivity contribution is 5.12. The maximum absolute atomic E-state index is 10.5. The fourth-order valence-corrected chi connectivity index (χ4v) is 3.60. The van der Waals surface area contributed by atoms with Gasteiger partial charge in [-0.2, -0.15) is 0 Å². The highest BCUT2D eigenvalue weighted by Crippen LogP contribution is 2.60. The third-order valence-corrected chi connectivity index (χ3v) is 4.36. The number of hydrogen-bond donors (Lipinski definition) is 1. The smallest absolute Gasteiger partial charge is 0.125 e. The van der Waals surface area contributed by atoms with Gasteiger partial charge in [-0.05, 0) is 25.7 Å². The van der Waals surface area contributed by atoms with Gasteiger partial charge in [-0.25, -0.2) is 0 Å². The predicted molar refractivity (Wildman–Crippen MR) is 51.2 cm³/mol. The third-order valence-electron chi connectivity index (χ3n) is 4.36. The zero-order valence-corrected chi connectivity index (χ0v) is 8.21. The summed E-state index contributed by atoms with van der Waals surface area (Å²) in [5, 5.41) is 10.5. The van der Waals surface area contributed by atoms with Crippen LogP contribution >= 0.6 is 0 Å². The molecule has 0 aromatic carbocycles. The van der Waals surface area contributed by atoms with Crippen LogP contribution < -0.4 is 0 Å². The molecule has 3 aliphatic rings. The lowest BCUT2D eigenvalue weighted by atomic mass is 10.0. The Balaban J connectivity index is 1.75. The Morgan fingerprint density at radius 3 is 2.00 bits per heavy atom. The van der Waals surface area contributed by atoms with Gasteiger partial charge < -0.3 is 5.11 Å². The first-order chi connectivity index (χ1) is 6.33. The van der Waals surface area contributed by atoms with Crippen LogP contribution in [0.25, 0.3) is 0 Å². The zero-order valence-electron chi connectivity index (χ0n) is 8.21. The van der Waals surface area contributed by atoms with E-state index in [9.17, 15) is 5.11 Å². The van der Waals surface area contributed by atoms with E-state index in [0.29, 0.717) is 11.8 Å². The Kier molecular flexibility index (Phi) is 1.72. The molecule has 2 unspecified atom stereocenters. The van der Waals surface area contributed by atoms with E-state index in [1.54, 1.807) is 0 Å². The van der Waals surface area contributed by atoms with Crippen LogP contribution in [0, 0.1) is 11.8 Å². The van der Waals surface area contributed by atoms with Crippen molar-refractivity contribution < 1.29 is 5.11 Å². The van der Waals surface area contributed by atoms with E-state index in [0.717, 1.165) is 13.1 Å². The summed E-state index contributed by atoms with van der Waals surface area (Å²) in [6.45, 7) is 2.28. The molecular formula is C11H19NO. The van der Waals surface area contributed by atoms with E-state index in [-0.39, 0.29) is 5.72 Å². The minimum absolute atomic E-state index is 0.340. The average molecular weight is 181 g/mol. The molecular weight excluding hydrogens is 162 g/mol. The van der Waals surface area contributed by atoms with Gasteiger partial charge in [-0.1, -0.05) is 12.8 Å². The molecule has 74 valence electrons. The number of nitrogens with zero attached hydrogens (tertiary/aromatic N) is 1. The van der Waals surface area contributed by atoms with Crippen LogP contribution in [0.4, 0.5) is 0 Å². The topological polar surface area (TPSA) is 23.5 Å². The SMILES string of the molecule is OC1(N2CCCC2)C2CCCCC21. The highest BCUT2D eigenvalue weighted by Gasteiger charge is 2.66.